The summed E-state index contributed by atoms with van der Waals surface area (Å²) in [6.07, 6.45) is -4.62. The molecular formula is C10H12ClF3N2O2S. The van der Waals surface area contributed by atoms with Gasteiger partial charge >= 0.3 is 6.18 Å². The smallest absolute Gasteiger partial charge is 0.397 e. The summed E-state index contributed by atoms with van der Waals surface area (Å²) in [6.45, 7) is -0.0572. The summed E-state index contributed by atoms with van der Waals surface area (Å²) in [5.41, 5.74) is 5.88. The van der Waals surface area contributed by atoms with Crippen molar-refractivity contribution in [2.75, 3.05) is 19.3 Å². The van der Waals surface area contributed by atoms with Gasteiger partial charge in [0.05, 0.1) is 15.6 Å². The minimum atomic E-state index is -4.62. The lowest BCUT2D eigenvalue weighted by Gasteiger charge is -2.19. The largest absolute Gasteiger partial charge is 0.402 e. The maximum atomic E-state index is 12.2. The predicted octanol–water partition coefficient (Wildman–Crippen LogP) is 2.41. The van der Waals surface area contributed by atoms with Crippen molar-refractivity contribution < 1.29 is 21.6 Å². The van der Waals surface area contributed by atoms with E-state index in [1.165, 1.54) is 13.0 Å². The Labute approximate surface area is 114 Å². The van der Waals surface area contributed by atoms with Crippen molar-refractivity contribution in [2.24, 2.45) is 0 Å². The van der Waals surface area contributed by atoms with Gasteiger partial charge in [0.15, 0.2) is 0 Å². The molecule has 1 aromatic carbocycles. The maximum Gasteiger partial charge on any atom is 0.402 e. The zero-order valence-electron chi connectivity index (χ0n) is 10.1. The number of nitrogens with two attached hydrogens (primary N) is 1. The minimum Gasteiger partial charge on any atom is -0.397 e. The molecule has 0 aliphatic carbocycles. The lowest BCUT2D eigenvalue weighted by atomic mass is 10.2. The zero-order valence-corrected chi connectivity index (χ0v) is 11.7. The van der Waals surface area contributed by atoms with Crippen molar-refractivity contribution in [1.82, 2.24) is 4.31 Å². The molecule has 0 unspecified atom stereocenters. The van der Waals surface area contributed by atoms with E-state index in [0.717, 1.165) is 13.1 Å². The van der Waals surface area contributed by atoms with Crippen LogP contribution in [0.2, 0.25) is 5.02 Å². The molecule has 19 heavy (non-hydrogen) atoms. The summed E-state index contributed by atoms with van der Waals surface area (Å²) >= 11 is 5.77. The molecule has 0 aliphatic heterocycles. The van der Waals surface area contributed by atoms with Crippen LogP contribution in [0.5, 0.6) is 0 Å². The number of aryl methyl sites for hydroxylation is 1. The van der Waals surface area contributed by atoms with Crippen molar-refractivity contribution in [3.63, 3.8) is 0 Å². The molecule has 0 saturated heterocycles. The minimum absolute atomic E-state index is 0.000602. The highest BCUT2D eigenvalue weighted by Gasteiger charge is 2.35. The SMILES string of the molecule is Cc1cc(S(=O)(=O)N(C)CC(F)(F)F)cc(N)c1Cl. The van der Waals surface area contributed by atoms with E-state index in [1.54, 1.807) is 0 Å². The van der Waals surface area contributed by atoms with Crippen molar-refractivity contribution in [1.29, 1.82) is 0 Å². The Morgan fingerprint density at radius 1 is 1.37 bits per heavy atom. The van der Waals surface area contributed by atoms with E-state index in [1.807, 2.05) is 0 Å². The quantitative estimate of drug-likeness (QED) is 0.871. The Morgan fingerprint density at radius 3 is 2.32 bits per heavy atom. The van der Waals surface area contributed by atoms with Crippen molar-refractivity contribution in [3.8, 4) is 0 Å². The highest BCUT2D eigenvalue weighted by atomic mass is 35.5. The second-order valence-corrected chi connectivity index (χ2v) is 6.44. The summed E-state index contributed by atoms with van der Waals surface area (Å²) in [5, 5.41) is 0.178. The third-order valence-electron chi connectivity index (χ3n) is 2.37. The molecule has 2 N–H and O–H groups in total. The van der Waals surface area contributed by atoms with Gasteiger partial charge in [-0.2, -0.15) is 17.5 Å². The average molecular weight is 317 g/mol. The Morgan fingerprint density at radius 2 is 1.89 bits per heavy atom. The predicted molar refractivity (Wildman–Crippen MR) is 66.5 cm³/mol. The van der Waals surface area contributed by atoms with Crippen molar-refractivity contribution in [2.45, 2.75) is 18.0 Å². The van der Waals surface area contributed by atoms with E-state index >= 15 is 0 Å². The Kier molecular flexibility index (Phi) is 4.38. The molecular weight excluding hydrogens is 305 g/mol. The lowest BCUT2D eigenvalue weighted by Crippen LogP contribution is -2.35. The molecule has 108 valence electrons. The first kappa shape index (κ1) is 16.1. The van der Waals surface area contributed by atoms with E-state index in [-0.39, 0.29) is 19.9 Å². The van der Waals surface area contributed by atoms with Crippen LogP contribution in [0.1, 0.15) is 5.56 Å². The van der Waals surface area contributed by atoms with Gasteiger partial charge in [-0.3, -0.25) is 0 Å². The molecule has 0 bridgehead atoms. The summed E-state index contributed by atoms with van der Waals surface area (Å²) in [4.78, 5) is -0.321. The normalized spacial score (nSPS) is 13.0. The average Bonchev–Trinajstić information content (AvgIpc) is 2.22. The summed E-state index contributed by atoms with van der Waals surface area (Å²) < 4.78 is 60.8. The van der Waals surface area contributed by atoms with E-state index in [9.17, 15) is 21.6 Å². The second-order valence-electron chi connectivity index (χ2n) is 4.02. The molecule has 0 fully saturated rings. The number of benzene rings is 1. The van der Waals surface area contributed by atoms with Crippen LogP contribution in [0.4, 0.5) is 18.9 Å². The second kappa shape index (κ2) is 5.18. The number of hydrogen-bond donors (Lipinski definition) is 1. The first-order valence-electron chi connectivity index (χ1n) is 5.04. The monoisotopic (exact) mass is 316 g/mol. The third-order valence-corrected chi connectivity index (χ3v) is 4.66. The van der Waals surface area contributed by atoms with Crippen molar-refractivity contribution >= 4 is 27.3 Å². The molecule has 0 spiro atoms. The van der Waals surface area contributed by atoms with Crippen LogP contribution in [0.15, 0.2) is 17.0 Å². The molecule has 0 saturated carbocycles. The van der Waals surface area contributed by atoms with Gasteiger partial charge in [-0.15, -0.1) is 0 Å². The molecule has 0 heterocycles. The number of alkyl halides is 3. The number of nitrogen functional groups attached to an aromatic ring is 1. The van der Waals surface area contributed by atoms with E-state index < -0.39 is 22.7 Å². The fourth-order valence-electron chi connectivity index (χ4n) is 1.43. The Balaban J connectivity index is 3.21. The Bertz CT molecular complexity index is 564. The van der Waals surface area contributed by atoms with Crippen LogP contribution in [0.3, 0.4) is 0 Å². The number of sulfonamides is 1. The van der Waals surface area contributed by atoms with Gasteiger partial charge in [-0.1, -0.05) is 11.6 Å². The number of halogens is 4. The van der Waals surface area contributed by atoms with Crippen LogP contribution < -0.4 is 5.73 Å². The molecule has 9 heteroatoms. The number of hydrogen-bond acceptors (Lipinski definition) is 3. The number of anilines is 1. The van der Waals surface area contributed by atoms with Crippen LogP contribution in [0, 0.1) is 6.92 Å². The Hall–Kier alpha value is -0.990. The van der Waals surface area contributed by atoms with Gasteiger partial charge in [0.2, 0.25) is 10.0 Å². The van der Waals surface area contributed by atoms with Gasteiger partial charge < -0.3 is 5.73 Å². The lowest BCUT2D eigenvalue weighted by molar-refractivity contribution is -0.134. The molecule has 1 rings (SSSR count). The standard InChI is InChI=1S/C10H12ClF3N2O2S/c1-6-3-7(4-8(15)9(6)11)19(17,18)16(2)5-10(12,13)14/h3-4H,5,15H2,1-2H3. The first-order valence-corrected chi connectivity index (χ1v) is 6.85. The van der Waals surface area contributed by atoms with Crippen LogP contribution >= 0.6 is 11.6 Å². The van der Waals surface area contributed by atoms with Gasteiger partial charge in [-0.25, -0.2) is 8.42 Å². The van der Waals surface area contributed by atoms with E-state index in [0.29, 0.717) is 5.56 Å². The van der Waals surface area contributed by atoms with Gasteiger partial charge in [-0.05, 0) is 24.6 Å². The molecule has 0 amide bonds. The first-order chi connectivity index (χ1) is 8.45. The van der Waals surface area contributed by atoms with Crippen LogP contribution in [0.25, 0.3) is 0 Å². The fraction of sp³-hybridized carbons (Fsp3) is 0.400. The molecule has 0 radical (unpaired) electrons. The van der Waals surface area contributed by atoms with Gasteiger partial charge in [0.25, 0.3) is 0 Å². The molecule has 0 aromatic heterocycles. The fourth-order valence-corrected chi connectivity index (χ4v) is 2.82. The van der Waals surface area contributed by atoms with Crippen molar-refractivity contribution in [3.05, 3.63) is 22.7 Å². The topological polar surface area (TPSA) is 63.4 Å². The van der Waals surface area contributed by atoms with E-state index in [4.69, 9.17) is 17.3 Å². The highest BCUT2D eigenvalue weighted by Crippen LogP contribution is 2.29. The number of nitrogens with zero attached hydrogens (tertiary/aromatic N) is 1. The van der Waals surface area contributed by atoms with Crippen LogP contribution in [-0.2, 0) is 10.0 Å². The molecule has 4 nitrogen and oxygen atoms in total. The summed E-state index contributed by atoms with van der Waals surface area (Å²) in [7, 11) is -3.41. The molecule has 1 aromatic rings. The molecule has 0 atom stereocenters. The zero-order chi connectivity index (χ0) is 15.0. The summed E-state index contributed by atoms with van der Waals surface area (Å²) in [5.74, 6) is 0. The maximum absolute atomic E-state index is 12.2. The third kappa shape index (κ3) is 3.74. The van der Waals surface area contributed by atoms with E-state index in [2.05, 4.69) is 0 Å². The van der Waals surface area contributed by atoms with Gasteiger partial charge in [0, 0.05) is 7.05 Å². The summed E-state index contributed by atoms with van der Waals surface area (Å²) in [6, 6.07) is 2.22. The molecule has 0 aliphatic rings. The highest BCUT2D eigenvalue weighted by molar-refractivity contribution is 7.89. The van der Waals surface area contributed by atoms with Crippen LogP contribution in [-0.4, -0.2) is 32.5 Å². The van der Waals surface area contributed by atoms with Gasteiger partial charge in [0.1, 0.15) is 6.54 Å². The number of rotatable bonds is 3.